The predicted molar refractivity (Wildman–Crippen MR) is 67.1 cm³/mol. The summed E-state index contributed by atoms with van der Waals surface area (Å²) >= 11 is 0. The van der Waals surface area contributed by atoms with E-state index in [0.29, 0.717) is 12.2 Å². The van der Waals surface area contributed by atoms with Crippen molar-refractivity contribution in [2.45, 2.75) is 19.8 Å². The maximum atomic E-state index is 10.5. The lowest BCUT2D eigenvalue weighted by Crippen LogP contribution is -1.99. The highest BCUT2D eigenvalue weighted by molar-refractivity contribution is 5.67. The van der Waals surface area contributed by atoms with Crippen molar-refractivity contribution in [2.24, 2.45) is 7.05 Å². The van der Waals surface area contributed by atoms with E-state index >= 15 is 0 Å². The summed E-state index contributed by atoms with van der Waals surface area (Å²) in [6.07, 6.45) is 0.409. The number of hydrogen-bond acceptors (Lipinski definition) is 3. The highest BCUT2D eigenvalue weighted by Crippen LogP contribution is 2.18. The van der Waals surface area contributed by atoms with Crippen LogP contribution in [0.25, 0.3) is 11.4 Å². The zero-order valence-corrected chi connectivity index (χ0v) is 10.4. The number of carbonyl (C=O) groups is 1. The molecule has 0 unspecified atom stereocenters. The van der Waals surface area contributed by atoms with E-state index in [0.717, 1.165) is 17.0 Å². The highest BCUT2D eigenvalue weighted by atomic mass is 16.4. The Morgan fingerprint density at radius 3 is 2.89 bits per heavy atom. The number of benzene rings is 1. The average molecular weight is 245 g/mol. The second-order valence-electron chi connectivity index (χ2n) is 4.24. The molecular formula is C13H15N3O2. The van der Waals surface area contributed by atoms with Crippen molar-refractivity contribution in [2.75, 3.05) is 0 Å². The molecule has 0 bridgehead atoms. The lowest BCUT2D eigenvalue weighted by Gasteiger charge is -2.00. The first-order valence-corrected chi connectivity index (χ1v) is 5.75. The van der Waals surface area contributed by atoms with Gasteiger partial charge in [-0.15, -0.1) is 0 Å². The van der Waals surface area contributed by atoms with E-state index < -0.39 is 5.97 Å². The largest absolute Gasteiger partial charge is 0.481 e. The first-order chi connectivity index (χ1) is 8.56. The van der Waals surface area contributed by atoms with Crippen molar-refractivity contribution >= 4 is 5.97 Å². The molecule has 1 aromatic heterocycles. The van der Waals surface area contributed by atoms with E-state index in [1.165, 1.54) is 0 Å². The first-order valence-electron chi connectivity index (χ1n) is 5.75. The Morgan fingerprint density at radius 2 is 2.22 bits per heavy atom. The van der Waals surface area contributed by atoms with Crippen LogP contribution < -0.4 is 0 Å². The number of aromatic nitrogens is 3. The smallest absolute Gasteiger partial charge is 0.303 e. The van der Waals surface area contributed by atoms with Crippen LogP contribution in [-0.4, -0.2) is 25.8 Å². The topological polar surface area (TPSA) is 68.0 Å². The van der Waals surface area contributed by atoms with E-state index in [4.69, 9.17) is 5.11 Å². The van der Waals surface area contributed by atoms with Crippen LogP contribution in [0.3, 0.4) is 0 Å². The van der Waals surface area contributed by atoms with E-state index in [-0.39, 0.29) is 6.42 Å². The van der Waals surface area contributed by atoms with Gasteiger partial charge in [0.15, 0.2) is 11.6 Å². The zero-order valence-electron chi connectivity index (χ0n) is 10.4. The Bertz CT molecular complexity index is 575. The maximum absolute atomic E-state index is 10.5. The minimum Gasteiger partial charge on any atom is -0.481 e. The van der Waals surface area contributed by atoms with Crippen molar-refractivity contribution in [1.29, 1.82) is 0 Å². The fourth-order valence-corrected chi connectivity index (χ4v) is 1.80. The van der Waals surface area contributed by atoms with E-state index in [1.807, 2.05) is 38.2 Å². The van der Waals surface area contributed by atoms with Gasteiger partial charge in [0.05, 0.1) is 6.42 Å². The third kappa shape index (κ3) is 2.74. The molecule has 2 aromatic rings. The molecule has 5 nitrogen and oxygen atoms in total. The van der Waals surface area contributed by atoms with Crippen LogP contribution in [0.5, 0.6) is 0 Å². The minimum atomic E-state index is -0.834. The average Bonchev–Trinajstić information content (AvgIpc) is 2.68. The summed E-state index contributed by atoms with van der Waals surface area (Å²) in [6.45, 7) is 2.02. The number of hydrogen-bond donors (Lipinski definition) is 1. The maximum Gasteiger partial charge on any atom is 0.303 e. The number of carboxylic acids is 1. The first kappa shape index (κ1) is 12.3. The molecule has 94 valence electrons. The Kier molecular flexibility index (Phi) is 3.41. The Morgan fingerprint density at radius 1 is 1.44 bits per heavy atom. The van der Waals surface area contributed by atoms with Gasteiger partial charge in [0.1, 0.15) is 0 Å². The number of aliphatic carboxylic acids is 1. The summed E-state index contributed by atoms with van der Waals surface area (Å²) < 4.78 is 1.69. The lowest BCUT2D eigenvalue weighted by molar-refractivity contribution is -0.137. The minimum absolute atomic E-state index is 0.0528. The zero-order chi connectivity index (χ0) is 13.1. The molecule has 1 N–H and O–H groups in total. The Hall–Kier alpha value is -2.17. The standard InChI is InChI=1S/C13H15N3O2/c1-9-4-3-5-10(8-9)13-14-11(15-16(13)2)6-7-12(17)18/h3-5,8H,6-7H2,1-2H3,(H,17,18). The second-order valence-corrected chi connectivity index (χ2v) is 4.24. The van der Waals surface area contributed by atoms with Crippen molar-refractivity contribution in [3.63, 3.8) is 0 Å². The molecule has 0 saturated heterocycles. The molecule has 0 fully saturated rings. The van der Waals surface area contributed by atoms with Crippen LogP contribution in [-0.2, 0) is 18.3 Å². The predicted octanol–water partition coefficient (Wildman–Crippen LogP) is 1.81. The van der Waals surface area contributed by atoms with Gasteiger partial charge in [0, 0.05) is 19.0 Å². The van der Waals surface area contributed by atoms with Crippen LogP contribution in [0.2, 0.25) is 0 Å². The second kappa shape index (κ2) is 5.00. The van der Waals surface area contributed by atoms with Gasteiger partial charge < -0.3 is 5.11 Å². The fourth-order valence-electron chi connectivity index (χ4n) is 1.80. The molecule has 0 aliphatic heterocycles. The Balaban J connectivity index is 2.26. The molecule has 0 spiro atoms. The van der Waals surface area contributed by atoms with Gasteiger partial charge in [-0.05, 0) is 13.0 Å². The molecule has 0 amide bonds. The summed E-state index contributed by atoms with van der Waals surface area (Å²) in [5.41, 5.74) is 2.15. The number of nitrogens with zero attached hydrogens (tertiary/aromatic N) is 3. The van der Waals surface area contributed by atoms with Gasteiger partial charge in [-0.25, -0.2) is 9.67 Å². The number of aryl methyl sites for hydroxylation is 3. The molecule has 0 radical (unpaired) electrons. The van der Waals surface area contributed by atoms with Crippen LogP contribution in [0, 0.1) is 6.92 Å². The molecule has 18 heavy (non-hydrogen) atoms. The number of rotatable bonds is 4. The quantitative estimate of drug-likeness (QED) is 0.892. The third-order valence-corrected chi connectivity index (χ3v) is 2.65. The van der Waals surface area contributed by atoms with E-state index in [9.17, 15) is 4.79 Å². The SMILES string of the molecule is Cc1cccc(-c2nc(CCC(=O)O)nn2C)c1. The van der Waals surface area contributed by atoms with Gasteiger partial charge in [0.2, 0.25) is 0 Å². The third-order valence-electron chi connectivity index (χ3n) is 2.65. The summed E-state index contributed by atoms with van der Waals surface area (Å²) in [5.74, 6) is 0.495. The van der Waals surface area contributed by atoms with Crippen LogP contribution >= 0.6 is 0 Å². The lowest BCUT2D eigenvalue weighted by atomic mass is 10.1. The van der Waals surface area contributed by atoms with Crippen molar-refractivity contribution in [3.05, 3.63) is 35.7 Å². The molecular weight excluding hydrogens is 230 g/mol. The normalized spacial score (nSPS) is 10.6. The van der Waals surface area contributed by atoms with Crippen LogP contribution in [0.1, 0.15) is 17.8 Å². The summed E-state index contributed by atoms with van der Waals surface area (Å²) in [5, 5.41) is 12.9. The summed E-state index contributed by atoms with van der Waals surface area (Å²) in [7, 11) is 1.81. The monoisotopic (exact) mass is 245 g/mol. The van der Waals surface area contributed by atoms with Gasteiger partial charge >= 0.3 is 5.97 Å². The van der Waals surface area contributed by atoms with Crippen molar-refractivity contribution in [3.8, 4) is 11.4 Å². The van der Waals surface area contributed by atoms with Gasteiger partial charge in [-0.3, -0.25) is 4.79 Å². The molecule has 0 saturated carbocycles. The fraction of sp³-hybridized carbons (Fsp3) is 0.308. The Labute approximate surface area is 105 Å². The van der Waals surface area contributed by atoms with Crippen molar-refractivity contribution in [1.82, 2.24) is 14.8 Å². The van der Waals surface area contributed by atoms with Gasteiger partial charge in [0.25, 0.3) is 0 Å². The van der Waals surface area contributed by atoms with Gasteiger partial charge in [-0.2, -0.15) is 5.10 Å². The van der Waals surface area contributed by atoms with Gasteiger partial charge in [-0.1, -0.05) is 23.8 Å². The van der Waals surface area contributed by atoms with Crippen LogP contribution in [0.4, 0.5) is 0 Å². The van der Waals surface area contributed by atoms with Crippen molar-refractivity contribution < 1.29 is 9.90 Å². The molecule has 0 aliphatic carbocycles. The van der Waals surface area contributed by atoms with Crippen LogP contribution in [0.15, 0.2) is 24.3 Å². The molecule has 1 heterocycles. The molecule has 0 atom stereocenters. The summed E-state index contributed by atoms with van der Waals surface area (Å²) in [6, 6.07) is 7.99. The van der Waals surface area contributed by atoms with E-state index in [2.05, 4.69) is 10.1 Å². The molecule has 2 rings (SSSR count). The number of carboxylic acid groups (broad SMARTS) is 1. The molecule has 1 aromatic carbocycles. The molecule has 5 heteroatoms. The highest BCUT2D eigenvalue weighted by Gasteiger charge is 2.10. The van der Waals surface area contributed by atoms with E-state index in [1.54, 1.807) is 4.68 Å². The molecule has 0 aliphatic rings. The summed E-state index contributed by atoms with van der Waals surface area (Å²) in [4.78, 5) is 14.9.